The van der Waals surface area contributed by atoms with E-state index in [4.69, 9.17) is 9.47 Å². The molecule has 2 aliphatic rings. The van der Waals surface area contributed by atoms with E-state index in [1.54, 1.807) is 0 Å². The average Bonchev–Trinajstić information content (AvgIpc) is 2.86. The number of benzene rings is 2. The third-order valence-electron chi connectivity index (χ3n) is 5.11. The van der Waals surface area contributed by atoms with Crippen LogP contribution in [0.4, 0.5) is 0 Å². The highest BCUT2D eigenvalue weighted by molar-refractivity contribution is 5.73. The minimum atomic E-state index is -0.181. The van der Waals surface area contributed by atoms with E-state index in [2.05, 4.69) is 18.7 Å². The van der Waals surface area contributed by atoms with E-state index in [-0.39, 0.29) is 11.6 Å². The van der Waals surface area contributed by atoms with Crippen molar-refractivity contribution in [2.75, 3.05) is 26.3 Å². The zero-order valence-corrected chi connectivity index (χ0v) is 14.2. The normalized spacial score (nSPS) is 22.8. The summed E-state index contributed by atoms with van der Waals surface area (Å²) in [6.45, 7) is 7.60. The quantitative estimate of drug-likeness (QED) is 0.919. The monoisotopic (exact) mass is 325 g/mol. The smallest absolute Gasteiger partial charge is 0.162 e. The number of hydrogen-bond acceptors (Lipinski definition) is 4. The molecule has 0 bridgehead atoms. The summed E-state index contributed by atoms with van der Waals surface area (Å²) in [6.07, 6.45) is -0.0261. The Bertz CT molecular complexity index is 736. The van der Waals surface area contributed by atoms with E-state index in [1.165, 1.54) is 0 Å². The Morgan fingerprint density at radius 1 is 1.08 bits per heavy atom. The second kappa shape index (κ2) is 5.80. The van der Waals surface area contributed by atoms with Crippen LogP contribution in [-0.4, -0.2) is 42.5 Å². The molecule has 2 heterocycles. The lowest BCUT2D eigenvalue weighted by Crippen LogP contribution is -2.52. The van der Waals surface area contributed by atoms with Gasteiger partial charge in [-0.25, -0.2) is 0 Å². The highest BCUT2D eigenvalue weighted by Crippen LogP contribution is 2.48. The first-order valence-corrected chi connectivity index (χ1v) is 8.49. The van der Waals surface area contributed by atoms with Crippen LogP contribution in [-0.2, 0) is 10.2 Å². The summed E-state index contributed by atoms with van der Waals surface area (Å²) in [5, 5.41) is 10.6. The molecule has 0 saturated carbocycles. The van der Waals surface area contributed by atoms with Crippen molar-refractivity contribution in [2.24, 2.45) is 0 Å². The van der Waals surface area contributed by atoms with Crippen molar-refractivity contribution in [3.63, 3.8) is 0 Å². The summed E-state index contributed by atoms with van der Waals surface area (Å²) in [6, 6.07) is 13.8. The maximum Gasteiger partial charge on any atom is 0.162 e. The van der Waals surface area contributed by atoms with Crippen LogP contribution >= 0.6 is 0 Å². The number of ether oxygens (including phenoxy) is 2. The molecule has 1 atom stereocenters. The Morgan fingerprint density at radius 2 is 1.79 bits per heavy atom. The molecule has 1 saturated heterocycles. The molecule has 0 aliphatic carbocycles. The minimum absolute atomic E-state index is 0.0261. The summed E-state index contributed by atoms with van der Waals surface area (Å²) < 4.78 is 11.8. The minimum Gasteiger partial charge on any atom is -0.507 e. The second-order valence-electron chi connectivity index (χ2n) is 7.07. The standard InChI is InChI=1S/C20H23NO3/c1-20(2)16-13-17(22)15(14-6-4-3-5-7-14)12-18(16)24-19(20)21-8-10-23-11-9-21/h3-7,12-13,19,22H,8-11H2,1-2H3. The van der Waals surface area contributed by atoms with Gasteiger partial charge in [0.1, 0.15) is 11.5 Å². The maximum atomic E-state index is 10.6. The van der Waals surface area contributed by atoms with Gasteiger partial charge < -0.3 is 14.6 Å². The molecule has 1 N–H and O–H groups in total. The van der Waals surface area contributed by atoms with Crippen LogP contribution in [0.15, 0.2) is 42.5 Å². The van der Waals surface area contributed by atoms with Gasteiger partial charge >= 0.3 is 0 Å². The molecule has 4 nitrogen and oxygen atoms in total. The number of aromatic hydroxyl groups is 1. The lowest BCUT2D eigenvalue weighted by atomic mass is 9.82. The van der Waals surface area contributed by atoms with Crippen LogP contribution in [0, 0.1) is 0 Å². The highest BCUT2D eigenvalue weighted by atomic mass is 16.5. The van der Waals surface area contributed by atoms with E-state index in [0.717, 1.165) is 48.7 Å². The fourth-order valence-corrected chi connectivity index (χ4v) is 3.76. The van der Waals surface area contributed by atoms with E-state index in [1.807, 2.05) is 42.5 Å². The van der Waals surface area contributed by atoms with E-state index < -0.39 is 0 Å². The topological polar surface area (TPSA) is 41.9 Å². The second-order valence-corrected chi connectivity index (χ2v) is 7.07. The van der Waals surface area contributed by atoms with Crippen molar-refractivity contribution in [3.05, 3.63) is 48.0 Å². The molecule has 2 aromatic rings. The molecule has 24 heavy (non-hydrogen) atoms. The molecular weight excluding hydrogens is 302 g/mol. The van der Waals surface area contributed by atoms with Gasteiger partial charge in [-0.05, 0) is 17.7 Å². The summed E-state index contributed by atoms with van der Waals surface area (Å²) in [5.41, 5.74) is 2.69. The van der Waals surface area contributed by atoms with Crippen LogP contribution in [0.2, 0.25) is 0 Å². The molecule has 0 amide bonds. The summed E-state index contributed by atoms with van der Waals surface area (Å²) in [7, 11) is 0. The predicted molar refractivity (Wildman–Crippen MR) is 93.4 cm³/mol. The number of phenols is 1. The molecule has 2 aromatic carbocycles. The molecular formula is C20H23NO3. The van der Waals surface area contributed by atoms with Crippen molar-refractivity contribution in [1.82, 2.24) is 4.90 Å². The van der Waals surface area contributed by atoms with Gasteiger partial charge in [0.25, 0.3) is 0 Å². The van der Waals surface area contributed by atoms with Gasteiger partial charge in [-0.3, -0.25) is 4.90 Å². The van der Waals surface area contributed by atoms with Crippen LogP contribution in [0.1, 0.15) is 19.4 Å². The maximum absolute atomic E-state index is 10.6. The van der Waals surface area contributed by atoms with Crippen molar-refractivity contribution in [1.29, 1.82) is 0 Å². The number of hydrogen-bond donors (Lipinski definition) is 1. The third kappa shape index (κ3) is 2.46. The Morgan fingerprint density at radius 3 is 2.50 bits per heavy atom. The molecule has 1 unspecified atom stereocenters. The first-order valence-electron chi connectivity index (χ1n) is 8.49. The Labute approximate surface area is 142 Å². The van der Waals surface area contributed by atoms with E-state index >= 15 is 0 Å². The lowest BCUT2D eigenvalue weighted by molar-refractivity contribution is -0.0612. The largest absolute Gasteiger partial charge is 0.507 e. The first kappa shape index (κ1) is 15.5. The van der Waals surface area contributed by atoms with E-state index in [0.29, 0.717) is 5.75 Å². The van der Waals surface area contributed by atoms with Gasteiger partial charge in [0.15, 0.2) is 6.23 Å². The molecule has 4 rings (SSSR count). The van der Waals surface area contributed by atoms with Crippen molar-refractivity contribution >= 4 is 0 Å². The summed E-state index contributed by atoms with van der Waals surface area (Å²) in [5.74, 6) is 1.17. The zero-order valence-electron chi connectivity index (χ0n) is 14.2. The predicted octanol–water partition coefficient (Wildman–Crippen LogP) is 3.39. The van der Waals surface area contributed by atoms with Gasteiger partial charge in [0, 0.05) is 29.6 Å². The highest BCUT2D eigenvalue weighted by Gasteiger charge is 2.45. The van der Waals surface area contributed by atoms with Gasteiger partial charge in [-0.15, -0.1) is 0 Å². The number of nitrogens with zero attached hydrogens (tertiary/aromatic N) is 1. The third-order valence-corrected chi connectivity index (χ3v) is 5.11. The van der Waals surface area contributed by atoms with Gasteiger partial charge in [-0.2, -0.15) is 0 Å². The number of phenolic OH excluding ortho intramolecular Hbond substituents is 1. The van der Waals surface area contributed by atoms with E-state index in [9.17, 15) is 5.11 Å². The first-order chi connectivity index (χ1) is 11.6. The van der Waals surface area contributed by atoms with Crippen LogP contribution in [0.25, 0.3) is 11.1 Å². The Kier molecular flexibility index (Phi) is 3.74. The van der Waals surface area contributed by atoms with Crippen molar-refractivity contribution in [2.45, 2.75) is 25.5 Å². The number of fused-ring (bicyclic) bond motifs is 1. The molecule has 126 valence electrons. The van der Waals surface area contributed by atoms with Crippen LogP contribution < -0.4 is 4.74 Å². The molecule has 1 fully saturated rings. The average molecular weight is 325 g/mol. The molecule has 2 aliphatic heterocycles. The molecule has 0 spiro atoms. The van der Waals surface area contributed by atoms with Crippen molar-refractivity contribution < 1.29 is 14.6 Å². The lowest BCUT2D eigenvalue weighted by Gasteiger charge is -2.38. The Balaban J connectivity index is 1.72. The molecule has 4 heteroatoms. The van der Waals surface area contributed by atoms with Crippen LogP contribution in [0.3, 0.4) is 0 Å². The number of rotatable bonds is 2. The fraction of sp³-hybridized carbons (Fsp3) is 0.400. The fourth-order valence-electron chi connectivity index (χ4n) is 3.76. The van der Waals surface area contributed by atoms with Gasteiger partial charge in [-0.1, -0.05) is 44.2 Å². The van der Waals surface area contributed by atoms with Gasteiger partial charge in [0.2, 0.25) is 0 Å². The molecule has 0 aromatic heterocycles. The number of morpholine rings is 1. The Hall–Kier alpha value is -2.04. The van der Waals surface area contributed by atoms with Crippen molar-refractivity contribution in [3.8, 4) is 22.6 Å². The van der Waals surface area contributed by atoms with Crippen LogP contribution in [0.5, 0.6) is 11.5 Å². The SMILES string of the molecule is CC1(C)c2cc(O)c(-c3ccccc3)cc2OC1N1CCOCC1. The summed E-state index contributed by atoms with van der Waals surface area (Å²) in [4.78, 5) is 2.34. The zero-order chi connectivity index (χ0) is 16.7. The molecule has 0 radical (unpaired) electrons. The van der Waals surface area contributed by atoms with Gasteiger partial charge in [0.05, 0.1) is 13.2 Å². The summed E-state index contributed by atoms with van der Waals surface area (Å²) >= 11 is 0.